The second kappa shape index (κ2) is 10.9. The number of amides is 3. The number of anilines is 4. The van der Waals surface area contributed by atoms with Crippen molar-refractivity contribution in [3.8, 4) is 0 Å². The maximum Gasteiger partial charge on any atom is 0.255 e. The second-order valence-electron chi connectivity index (χ2n) is 8.03. The van der Waals surface area contributed by atoms with E-state index >= 15 is 0 Å². The molecule has 3 aromatic rings. The van der Waals surface area contributed by atoms with Crippen LogP contribution in [-0.4, -0.2) is 24.3 Å². The Hall–Kier alpha value is -4.13. The quantitative estimate of drug-likeness (QED) is 0.397. The van der Waals surface area contributed by atoms with Gasteiger partial charge >= 0.3 is 0 Å². The monoisotopic (exact) mass is 444 g/mol. The van der Waals surface area contributed by atoms with Gasteiger partial charge in [-0.3, -0.25) is 14.4 Å². The molecule has 0 aliphatic rings. The summed E-state index contributed by atoms with van der Waals surface area (Å²) in [5.74, 6) is -0.590. The summed E-state index contributed by atoms with van der Waals surface area (Å²) in [7, 11) is 0. The van der Waals surface area contributed by atoms with Crippen molar-refractivity contribution in [3.05, 3.63) is 83.9 Å². The van der Waals surface area contributed by atoms with E-state index in [0.717, 1.165) is 11.3 Å². The Labute approximate surface area is 193 Å². The molecule has 0 spiro atoms. The summed E-state index contributed by atoms with van der Waals surface area (Å²) in [6.07, 6.45) is 0. The lowest BCUT2D eigenvalue weighted by Gasteiger charge is -2.11. The number of hydrogen-bond acceptors (Lipinski definition) is 4. The third kappa shape index (κ3) is 7.21. The van der Waals surface area contributed by atoms with Gasteiger partial charge in [0.05, 0.1) is 6.54 Å². The van der Waals surface area contributed by atoms with Gasteiger partial charge in [-0.2, -0.15) is 0 Å². The van der Waals surface area contributed by atoms with Crippen LogP contribution in [0, 0.1) is 12.8 Å². The van der Waals surface area contributed by atoms with E-state index in [0.29, 0.717) is 22.6 Å². The number of rotatable bonds is 8. The third-order valence-corrected chi connectivity index (χ3v) is 4.81. The van der Waals surface area contributed by atoms with Crippen LogP contribution < -0.4 is 21.3 Å². The molecule has 33 heavy (non-hydrogen) atoms. The topological polar surface area (TPSA) is 99.3 Å². The zero-order valence-corrected chi connectivity index (χ0v) is 18.9. The van der Waals surface area contributed by atoms with Crippen LogP contribution in [0.15, 0.2) is 72.8 Å². The van der Waals surface area contributed by atoms with Gasteiger partial charge in [0.1, 0.15) is 0 Å². The molecule has 4 N–H and O–H groups in total. The Morgan fingerprint density at radius 1 is 0.727 bits per heavy atom. The molecule has 0 aliphatic carbocycles. The first-order chi connectivity index (χ1) is 15.8. The fourth-order valence-corrected chi connectivity index (χ4v) is 3.01. The van der Waals surface area contributed by atoms with Gasteiger partial charge in [-0.25, -0.2) is 0 Å². The van der Waals surface area contributed by atoms with E-state index in [9.17, 15) is 14.4 Å². The minimum Gasteiger partial charge on any atom is -0.376 e. The maximum atomic E-state index is 12.4. The number of aryl methyl sites for hydroxylation is 1. The zero-order chi connectivity index (χ0) is 23.8. The van der Waals surface area contributed by atoms with Crippen molar-refractivity contribution in [2.75, 3.05) is 27.8 Å². The number of carbonyl (C=O) groups excluding carboxylic acids is 3. The van der Waals surface area contributed by atoms with E-state index in [4.69, 9.17) is 0 Å². The van der Waals surface area contributed by atoms with Crippen LogP contribution in [0.3, 0.4) is 0 Å². The van der Waals surface area contributed by atoms with Gasteiger partial charge in [0.25, 0.3) is 5.91 Å². The van der Waals surface area contributed by atoms with Gasteiger partial charge in [-0.1, -0.05) is 37.6 Å². The lowest BCUT2D eigenvalue weighted by atomic mass is 10.1. The van der Waals surface area contributed by atoms with Crippen molar-refractivity contribution in [3.63, 3.8) is 0 Å². The van der Waals surface area contributed by atoms with E-state index < -0.39 is 0 Å². The molecule has 0 fully saturated rings. The predicted molar refractivity (Wildman–Crippen MR) is 133 cm³/mol. The molecule has 0 aliphatic heterocycles. The largest absolute Gasteiger partial charge is 0.376 e. The number of benzene rings is 3. The minimum atomic E-state index is -0.219. The van der Waals surface area contributed by atoms with Gasteiger partial charge < -0.3 is 21.3 Å². The van der Waals surface area contributed by atoms with Crippen LogP contribution in [0.4, 0.5) is 22.7 Å². The van der Waals surface area contributed by atoms with Crippen LogP contribution in [0.5, 0.6) is 0 Å². The highest BCUT2D eigenvalue weighted by Crippen LogP contribution is 2.17. The summed E-state index contributed by atoms with van der Waals surface area (Å²) in [6.45, 7) is 5.65. The average Bonchev–Trinajstić information content (AvgIpc) is 2.79. The first-order valence-electron chi connectivity index (χ1n) is 10.7. The molecule has 170 valence electrons. The first-order valence-corrected chi connectivity index (χ1v) is 10.7. The molecule has 0 atom stereocenters. The highest BCUT2D eigenvalue weighted by molar-refractivity contribution is 6.04. The molecule has 7 nitrogen and oxygen atoms in total. The van der Waals surface area contributed by atoms with Crippen molar-refractivity contribution < 1.29 is 14.4 Å². The van der Waals surface area contributed by atoms with Gasteiger partial charge in [0.15, 0.2) is 0 Å². The van der Waals surface area contributed by atoms with Crippen LogP contribution in [-0.2, 0) is 9.59 Å². The fourth-order valence-electron chi connectivity index (χ4n) is 3.01. The molecule has 0 heterocycles. The molecule has 0 bridgehead atoms. The molecule has 3 aromatic carbocycles. The maximum absolute atomic E-state index is 12.4. The lowest BCUT2D eigenvalue weighted by Crippen LogP contribution is -2.22. The Bertz CT molecular complexity index is 1140. The molecule has 0 unspecified atom stereocenters. The Morgan fingerprint density at radius 2 is 1.36 bits per heavy atom. The minimum absolute atomic E-state index is 0.0629. The molecule has 0 aromatic heterocycles. The molecular weight excluding hydrogens is 416 g/mol. The molecule has 0 saturated heterocycles. The number of nitrogens with one attached hydrogen (secondary N) is 4. The molecule has 7 heteroatoms. The Kier molecular flexibility index (Phi) is 7.81. The normalized spacial score (nSPS) is 10.4. The zero-order valence-electron chi connectivity index (χ0n) is 18.9. The highest BCUT2D eigenvalue weighted by atomic mass is 16.2. The summed E-state index contributed by atoms with van der Waals surface area (Å²) in [5.41, 5.74) is 4.25. The molecule has 0 saturated carbocycles. The third-order valence-electron chi connectivity index (χ3n) is 4.81. The summed E-state index contributed by atoms with van der Waals surface area (Å²) >= 11 is 0. The van der Waals surface area contributed by atoms with Gasteiger partial charge in [-0.15, -0.1) is 0 Å². The molecule has 3 amide bonds. The standard InChI is InChI=1S/C26H28N4O3/c1-17(2)25(32)30-23-9-5-8-22(15-23)27-16-24(31)28-20-10-12-21(13-11-20)29-26(33)19-7-4-6-18(3)14-19/h4-15,17,27H,16H2,1-3H3,(H,28,31)(H,29,33)(H,30,32). The fraction of sp³-hybridized carbons (Fsp3) is 0.192. The predicted octanol–water partition coefficient (Wildman–Crippen LogP) is 4.89. The van der Waals surface area contributed by atoms with E-state index in [1.807, 2.05) is 45.0 Å². The molecular formula is C26H28N4O3. The average molecular weight is 445 g/mol. The van der Waals surface area contributed by atoms with Crippen LogP contribution in [0.2, 0.25) is 0 Å². The number of hydrogen-bond donors (Lipinski definition) is 4. The lowest BCUT2D eigenvalue weighted by molar-refractivity contribution is -0.119. The molecule has 3 rings (SSSR count). The van der Waals surface area contributed by atoms with Crippen LogP contribution in [0.25, 0.3) is 0 Å². The number of carbonyl (C=O) groups is 3. The van der Waals surface area contributed by atoms with Crippen molar-refractivity contribution in [2.24, 2.45) is 5.92 Å². The highest BCUT2D eigenvalue weighted by Gasteiger charge is 2.09. The van der Waals surface area contributed by atoms with Crippen LogP contribution >= 0.6 is 0 Å². The van der Waals surface area contributed by atoms with Crippen LogP contribution in [0.1, 0.15) is 29.8 Å². The van der Waals surface area contributed by atoms with Crippen molar-refractivity contribution in [1.82, 2.24) is 0 Å². The Morgan fingerprint density at radius 3 is 2.03 bits per heavy atom. The summed E-state index contributed by atoms with van der Waals surface area (Å²) < 4.78 is 0. The smallest absolute Gasteiger partial charge is 0.255 e. The van der Waals surface area contributed by atoms with Gasteiger partial charge in [-0.05, 0) is 61.5 Å². The molecule has 0 radical (unpaired) electrons. The summed E-state index contributed by atoms with van der Waals surface area (Å²) in [5, 5.41) is 11.5. The summed E-state index contributed by atoms with van der Waals surface area (Å²) in [4.78, 5) is 36.5. The van der Waals surface area contributed by atoms with E-state index in [1.165, 1.54) is 0 Å². The van der Waals surface area contributed by atoms with E-state index in [1.54, 1.807) is 48.5 Å². The Balaban J connectivity index is 1.50. The summed E-state index contributed by atoms with van der Waals surface area (Å²) in [6, 6.07) is 21.5. The van der Waals surface area contributed by atoms with Crippen molar-refractivity contribution in [1.29, 1.82) is 0 Å². The van der Waals surface area contributed by atoms with E-state index in [-0.39, 0.29) is 30.2 Å². The second-order valence-corrected chi connectivity index (χ2v) is 8.03. The SMILES string of the molecule is Cc1cccc(C(=O)Nc2ccc(NC(=O)CNc3cccc(NC(=O)C(C)C)c3)cc2)c1. The van der Waals surface area contributed by atoms with Gasteiger partial charge in [0, 0.05) is 34.2 Å². The van der Waals surface area contributed by atoms with Gasteiger partial charge in [0.2, 0.25) is 11.8 Å². The first kappa shape index (κ1) is 23.5. The van der Waals surface area contributed by atoms with Crippen molar-refractivity contribution in [2.45, 2.75) is 20.8 Å². The van der Waals surface area contributed by atoms with E-state index in [2.05, 4.69) is 21.3 Å². The van der Waals surface area contributed by atoms with Crippen molar-refractivity contribution >= 4 is 40.5 Å².